The van der Waals surface area contributed by atoms with Crippen molar-refractivity contribution in [2.45, 2.75) is 18.2 Å². The van der Waals surface area contributed by atoms with Gasteiger partial charge in [0, 0.05) is 33.7 Å². The highest BCUT2D eigenvalue weighted by Gasteiger charge is 2.20. The van der Waals surface area contributed by atoms with Gasteiger partial charge in [-0.3, -0.25) is 0 Å². The van der Waals surface area contributed by atoms with Crippen LogP contribution in [0.3, 0.4) is 0 Å². The molecule has 0 radical (unpaired) electrons. The van der Waals surface area contributed by atoms with Crippen molar-refractivity contribution >= 4 is 36.9 Å². The number of aromatic nitrogens is 1. The van der Waals surface area contributed by atoms with E-state index in [0.717, 1.165) is 26.6 Å². The number of hydrogen-bond acceptors (Lipinski definition) is 4. The summed E-state index contributed by atoms with van der Waals surface area (Å²) < 4.78 is 39.5. The van der Waals surface area contributed by atoms with Crippen LogP contribution in [0.15, 0.2) is 45.8 Å². The van der Waals surface area contributed by atoms with Crippen LogP contribution in [0.5, 0.6) is 11.5 Å². The molecule has 0 atom stereocenters. The van der Waals surface area contributed by atoms with Gasteiger partial charge in [-0.25, -0.2) is 13.1 Å². The van der Waals surface area contributed by atoms with Crippen molar-refractivity contribution in [3.8, 4) is 11.5 Å². The minimum atomic E-state index is -3.74. The molecule has 0 amide bonds. The molecule has 0 aliphatic heterocycles. The van der Waals surface area contributed by atoms with Gasteiger partial charge >= 0.3 is 0 Å². The molecule has 0 fully saturated rings. The molecule has 144 valence electrons. The minimum absolute atomic E-state index is 0.0581. The first-order valence-electron chi connectivity index (χ1n) is 8.34. The molecule has 6 nitrogen and oxygen atoms in total. The van der Waals surface area contributed by atoms with E-state index in [4.69, 9.17) is 9.47 Å². The zero-order valence-electron chi connectivity index (χ0n) is 15.3. The maximum Gasteiger partial charge on any atom is 0.244 e. The number of nitrogens with one attached hydrogen (secondary N) is 2. The van der Waals surface area contributed by atoms with Crippen molar-refractivity contribution < 1.29 is 17.9 Å². The van der Waals surface area contributed by atoms with Crippen molar-refractivity contribution in [3.05, 3.63) is 52.1 Å². The normalized spacial score (nSPS) is 11.7. The van der Waals surface area contributed by atoms with Gasteiger partial charge in [0.1, 0.15) is 16.4 Å². The van der Waals surface area contributed by atoms with Crippen LogP contribution < -0.4 is 14.2 Å². The lowest BCUT2D eigenvalue weighted by Gasteiger charge is -2.12. The summed E-state index contributed by atoms with van der Waals surface area (Å²) in [6.07, 6.45) is 0.563. The van der Waals surface area contributed by atoms with Gasteiger partial charge in [0.05, 0.1) is 14.2 Å². The summed E-state index contributed by atoms with van der Waals surface area (Å²) in [5.41, 5.74) is 3.15. The van der Waals surface area contributed by atoms with E-state index >= 15 is 0 Å². The smallest absolute Gasteiger partial charge is 0.244 e. The molecule has 2 aromatic carbocycles. The Kier molecular flexibility index (Phi) is 5.78. The third-order valence-corrected chi connectivity index (χ3v) is 6.38. The Morgan fingerprint density at radius 2 is 1.89 bits per heavy atom. The molecule has 3 aromatic rings. The van der Waals surface area contributed by atoms with E-state index in [9.17, 15) is 8.42 Å². The molecule has 0 bridgehead atoms. The third-order valence-electron chi connectivity index (χ3n) is 4.41. The second-order valence-electron chi connectivity index (χ2n) is 6.08. The second kappa shape index (κ2) is 7.92. The molecule has 0 spiro atoms. The van der Waals surface area contributed by atoms with Gasteiger partial charge < -0.3 is 14.5 Å². The molecule has 0 aliphatic carbocycles. The standard InChI is InChI=1S/C19H21BrN2O4S/c1-12-15(16-10-13(20)4-6-17(16)22-12)8-9-21-27(23,24)19-11-14(25-2)5-7-18(19)26-3/h4-7,10-11,21-22H,8-9H2,1-3H3. The number of ether oxygens (including phenoxy) is 2. The summed E-state index contributed by atoms with van der Waals surface area (Å²) in [4.78, 5) is 3.39. The van der Waals surface area contributed by atoms with Crippen LogP contribution in [0, 0.1) is 6.92 Å². The average molecular weight is 453 g/mol. The number of halogens is 1. The third kappa shape index (κ3) is 4.12. The van der Waals surface area contributed by atoms with Gasteiger partial charge in [-0.2, -0.15) is 0 Å². The number of aryl methyl sites for hydroxylation is 1. The maximum absolute atomic E-state index is 12.7. The molecule has 27 heavy (non-hydrogen) atoms. The van der Waals surface area contributed by atoms with Crippen molar-refractivity contribution in [2.24, 2.45) is 0 Å². The fourth-order valence-electron chi connectivity index (χ4n) is 3.06. The van der Waals surface area contributed by atoms with E-state index in [2.05, 4.69) is 25.6 Å². The first kappa shape index (κ1) is 19.7. The predicted molar refractivity (Wildman–Crippen MR) is 109 cm³/mol. The molecule has 1 aromatic heterocycles. The lowest BCUT2D eigenvalue weighted by Crippen LogP contribution is -2.26. The highest BCUT2D eigenvalue weighted by Crippen LogP contribution is 2.29. The molecule has 8 heteroatoms. The van der Waals surface area contributed by atoms with Crippen molar-refractivity contribution in [1.82, 2.24) is 9.71 Å². The highest BCUT2D eigenvalue weighted by atomic mass is 79.9. The van der Waals surface area contributed by atoms with Crippen LogP contribution in [-0.4, -0.2) is 34.2 Å². The van der Waals surface area contributed by atoms with Crippen molar-refractivity contribution in [3.63, 3.8) is 0 Å². The zero-order chi connectivity index (χ0) is 19.6. The van der Waals surface area contributed by atoms with E-state index in [0.29, 0.717) is 12.2 Å². The van der Waals surface area contributed by atoms with E-state index < -0.39 is 10.0 Å². The molecular formula is C19H21BrN2O4S. The Hall–Kier alpha value is -2.03. The molecule has 0 aliphatic rings. The summed E-state index contributed by atoms with van der Waals surface area (Å²) in [7, 11) is -0.809. The molecule has 2 N–H and O–H groups in total. The summed E-state index contributed by atoms with van der Waals surface area (Å²) in [5, 5.41) is 1.08. The molecule has 0 saturated carbocycles. The lowest BCUT2D eigenvalue weighted by molar-refractivity contribution is 0.392. The Morgan fingerprint density at radius 1 is 1.11 bits per heavy atom. The fraction of sp³-hybridized carbons (Fsp3) is 0.263. The van der Waals surface area contributed by atoms with Gasteiger partial charge in [0.15, 0.2) is 0 Å². The summed E-state index contributed by atoms with van der Waals surface area (Å²) >= 11 is 3.48. The maximum atomic E-state index is 12.7. The SMILES string of the molecule is COc1ccc(OC)c(S(=O)(=O)NCCc2c(C)[nH]c3ccc(Br)cc23)c1. The fourth-order valence-corrected chi connectivity index (χ4v) is 4.63. The second-order valence-corrected chi connectivity index (χ2v) is 8.73. The van der Waals surface area contributed by atoms with Crippen LogP contribution in [0.1, 0.15) is 11.3 Å². The Balaban J connectivity index is 1.81. The quantitative estimate of drug-likeness (QED) is 0.571. The number of aromatic amines is 1. The van der Waals surface area contributed by atoms with Crippen LogP contribution in [-0.2, 0) is 16.4 Å². The molecule has 3 rings (SSSR count). The zero-order valence-corrected chi connectivity index (χ0v) is 17.7. The minimum Gasteiger partial charge on any atom is -0.497 e. The van der Waals surface area contributed by atoms with Crippen LogP contribution >= 0.6 is 15.9 Å². The van der Waals surface area contributed by atoms with Crippen molar-refractivity contribution in [2.75, 3.05) is 20.8 Å². The van der Waals surface area contributed by atoms with E-state index in [1.165, 1.54) is 20.3 Å². The topological polar surface area (TPSA) is 80.4 Å². The number of benzene rings is 2. The molecule has 0 saturated heterocycles. The van der Waals surface area contributed by atoms with Gasteiger partial charge in [-0.05, 0) is 49.2 Å². The van der Waals surface area contributed by atoms with Crippen molar-refractivity contribution in [1.29, 1.82) is 0 Å². The van der Waals surface area contributed by atoms with Gasteiger partial charge in [-0.1, -0.05) is 15.9 Å². The van der Waals surface area contributed by atoms with Gasteiger partial charge in [0.2, 0.25) is 10.0 Å². The van der Waals surface area contributed by atoms with E-state index in [1.54, 1.807) is 12.1 Å². The molecular weight excluding hydrogens is 432 g/mol. The number of H-pyrrole nitrogens is 1. The summed E-state index contributed by atoms with van der Waals surface area (Å²) in [5.74, 6) is 0.726. The van der Waals surface area contributed by atoms with Crippen LogP contribution in [0.2, 0.25) is 0 Å². The Morgan fingerprint density at radius 3 is 2.59 bits per heavy atom. The van der Waals surface area contributed by atoms with E-state index in [1.807, 2.05) is 25.1 Å². The van der Waals surface area contributed by atoms with E-state index in [-0.39, 0.29) is 17.2 Å². The first-order chi connectivity index (χ1) is 12.9. The Bertz CT molecular complexity index is 1080. The van der Waals surface area contributed by atoms with Crippen LogP contribution in [0.4, 0.5) is 0 Å². The summed E-state index contributed by atoms with van der Waals surface area (Å²) in [6.45, 7) is 2.26. The summed E-state index contributed by atoms with van der Waals surface area (Å²) in [6, 6.07) is 10.7. The van der Waals surface area contributed by atoms with Gasteiger partial charge in [0.25, 0.3) is 0 Å². The monoisotopic (exact) mass is 452 g/mol. The number of sulfonamides is 1. The predicted octanol–water partition coefficient (Wildman–Crippen LogP) is 3.78. The average Bonchev–Trinajstić information content (AvgIpc) is 2.96. The highest BCUT2D eigenvalue weighted by molar-refractivity contribution is 9.10. The number of rotatable bonds is 7. The number of methoxy groups -OCH3 is 2. The molecule has 1 heterocycles. The Labute approximate surface area is 167 Å². The first-order valence-corrected chi connectivity index (χ1v) is 10.6. The van der Waals surface area contributed by atoms with Gasteiger partial charge in [-0.15, -0.1) is 0 Å². The number of hydrogen-bond donors (Lipinski definition) is 2. The molecule has 0 unspecified atom stereocenters. The largest absolute Gasteiger partial charge is 0.497 e. The lowest BCUT2D eigenvalue weighted by atomic mass is 10.1. The van der Waals surface area contributed by atoms with Crippen LogP contribution in [0.25, 0.3) is 10.9 Å². The number of fused-ring (bicyclic) bond motifs is 1.